The number of hydrogen-bond donors (Lipinski definition) is 0. The van der Waals surface area contributed by atoms with E-state index in [9.17, 15) is 0 Å². The zero-order valence-electron chi connectivity index (χ0n) is 13.6. The predicted octanol–water partition coefficient (Wildman–Crippen LogP) is 2.06. The Labute approximate surface area is 149 Å². The van der Waals surface area contributed by atoms with Crippen LogP contribution in [0.3, 0.4) is 0 Å². The van der Waals surface area contributed by atoms with Crippen LogP contribution < -0.4 is 20.1 Å². The zero-order valence-corrected chi connectivity index (χ0v) is 15.7. The van der Waals surface area contributed by atoms with E-state index in [0.29, 0.717) is 0 Å². The first kappa shape index (κ1) is 19.3. The fraction of sp³-hybridized carbons (Fsp3) is 0.0526. The number of hydrogen-bond acceptors (Lipinski definition) is 4. The molecule has 3 aromatic carbocycles. The molecule has 0 unspecified atom stereocenters. The van der Waals surface area contributed by atoms with Crippen LogP contribution in [0.25, 0.3) is 0 Å². The quantitative estimate of drug-likeness (QED) is 0.502. The Hall–Kier alpha value is -2.03. The molecule has 0 N–H and O–H groups in total. The molecule has 0 fully saturated rings. The van der Waals surface area contributed by atoms with Crippen molar-refractivity contribution in [3.63, 3.8) is 0 Å². The van der Waals surface area contributed by atoms with Crippen molar-refractivity contribution >= 4 is 23.2 Å². The summed E-state index contributed by atoms with van der Waals surface area (Å²) < 4.78 is 34.3. The van der Waals surface area contributed by atoms with Crippen LogP contribution in [-0.2, 0) is 24.5 Å². The third kappa shape index (κ3) is 5.48. The van der Waals surface area contributed by atoms with Gasteiger partial charge in [-0.25, -0.2) is 0 Å². The van der Waals surface area contributed by atoms with E-state index in [1.807, 2.05) is 0 Å². The summed E-state index contributed by atoms with van der Waals surface area (Å²) in [5.41, 5.74) is 0. The van der Waals surface area contributed by atoms with E-state index in [-0.39, 0.29) is 0 Å². The monoisotopic (exact) mass is 396 g/mol. The van der Waals surface area contributed by atoms with E-state index in [2.05, 4.69) is 97.7 Å². The van der Waals surface area contributed by atoms with Crippen LogP contribution in [0, 0.1) is 0 Å². The average molecular weight is 396 g/mol. The first-order valence-electron chi connectivity index (χ1n) is 7.47. The Morgan fingerprint density at radius 2 is 0.800 bits per heavy atom. The van der Waals surface area contributed by atoms with Gasteiger partial charge in [0.15, 0.2) is 0 Å². The zero-order chi connectivity index (χ0) is 18.3. The minimum atomic E-state index is -5.62. The van der Waals surface area contributed by atoms with Gasteiger partial charge in [-0.1, -0.05) is 54.6 Å². The van der Waals surface area contributed by atoms with Crippen molar-refractivity contribution in [2.75, 3.05) is 6.66 Å². The van der Waals surface area contributed by atoms with Crippen molar-refractivity contribution in [3.8, 4) is 0 Å². The number of benzene rings is 3. The molecule has 130 valence electrons. The summed E-state index contributed by atoms with van der Waals surface area (Å²) in [4.78, 5) is 0. The van der Waals surface area contributed by atoms with Gasteiger partial charge in [0.25, 0.3) is 0 Å². The first-order chi connectivity index (χ1) is 11.8. The van der Waals surface area contributed by atoms with Gasteiger partial charge in [0.1, 0.15) is 23.2 Å². The van der Waals surface area contributed by atoms with Gasteiger partial charge in [0.2, 0.25) is 0 Å². The maximum absolute atomic E-state index is 8.58. The van der Waals surface area contributed by atoms with Gasteiger partial charge in [-0.05, 0) is 36.4 Å². The van der Waals surface area contributed by atoms with Gasteiger partial charge >= 0.3 is 28.7 Å². The van der Waals surface area contributed by atoms with Crippen LogP contribution in [0.4, 0.5) is 0 Å². The van der Waals surface area contributed by atoms with Crippen LogP contribution >= 0.6 is 7.26 Å². The molecule has 0 aliphatic carbocycles. The van der Waals surface area contributed by atoms with Gasteiger partial charge < -0.3 is 0 Å². The van der Waals surface area contributed by atoms with Crippen LogP contribution in [-0.4, -0.2) is 6.66 Å². The molecule has 4 nitrogen and oxygen atoms in total. The van der Waals surface area contributed by atoms with Crippen molar-refractivity contribution < 1.29 is 28.7 Å². The summed E-state index contributed by atoms with van der Waals surface area (Å²) in [6.07, 6.45) is 0. The molecule has 6 heteroatoms. The van der Waals surface area contributed by atoms with Gasteiger partial charge in [0.05, 0.1) is 6.66 Å². The Balaban J connectivity index is 0.000000399. The van der Waals surface area contributed by atoms with Crippen molar-refractivity contribution in [2.45, 2.75) is 0 Å². The van der Waals surface area contributed by atoms with Crippen molar-refractivity contribution in [1.29, 1.82) is 0 Å². The molecule has 0 bridgehead atoms. The molecule has 0 heterocycles. The molecule has 0 amide bonds. The average Bonchev–Trinajstić information content (AvgIpc) is 2.62. The van der Waals surface area contributed by atoms with E-state index >= 15 is 0 Å². The van der Waals surface area contributed by atoms with E-state index in [1.54, 1.807) is 0 Å². The van der Waals surface area contributed by atoms with Crippen molar-refractivity contribution in [2.24, 2.45) is 0 Å². The molecule has 0 spiro atoms. The van der Waals surface area contributed by atoms with E-state index < -0.39 is 20.2 Å². The topological polar surface area (TPSA) is 74.3 Å². The van der Waals surface area contributed by atoms with Gasteiger partial charge in [0, 0.05) is 0 Å². The summed E-state index contributed by atoms with van der Waals surface area (Å²) >= 11 is -5.62. The maximum atomic E-state index is 8.58. The Morgan fingerprint density at radius 3 is 1.00 bits per heavy atom. The standard InChI is InChI=1S/C19H18P.Mn.4O/c1-20(17-11-5-2-6-12-17,18-13-7-3-8-14-18)19-15-9-4-10-16-19;;;;;/h2-16H,1H3;;;;;/q+1;;;;;-1. The Bertz CT molecular complexity index is 842. The predicted molar refractivity (Wildman–Crippen MR) is 93.1 cm³/mol. The van der Waals surface area contributed by atoms with E-state index in [1.165, 1.54) is 15.9 Å². The Kier molecular flexibility index (Phi) is 6.46. The van der Waals surface area contributed by atoms with Crippen LogP contribution in [0.1, 0.15) is 0 Å². The first-order valence-corrected chi connectivity index (χ1v) is 11.6. The Morgan fingerprint density at radius 1 is 0.600 bits per heavy atom. The van der Waals surface area contributed by atoms with E-state index in [0.717, 1.165) is 0 Å². The number of rotatable bonds is 3. The van der Waals surface area contributed by atoms with Crippen molar-refractivity contribution in [1.82, 2.24) is 0 Å². The summed E-state index contributed by atoms with van der Waals surface area (Å²) in [6.45, 7) is 2.41. The normalized spacial score (nSPS) is 11.3. The second-order valence-corrected chi connectivity index (χ2v) is 10.1. The molecule has 0 aliphatic rings. The third-order valence-electron chi connectivity index (χ3n) is 3.82. The van der Waals surface area contributed by atoms with Crippen molar-refractivity contribution in [3.05, 3.63) is 91.0 Å². The molecule has 25 heavy (non-hydrogen) atoms. The second-order valence-electron chi connectivity index (χ2n) is 5.39. The minimum absolute atomic E-state index is 1.43. The molecule has 0 aromatic heterocycles. The molecule has 0 radical (unpaired) electrons. The molecule has 3 rings (SSSR count). The molecule has 3 aromatic rings. The second kappa shape index (κ2) is 8.37. The van der Waals surface area contributed by atoms with Gasteiger partial charge in [-0.2, -0.15) is 0 Å². The van der Waals surface area contributed by atoms with Crippen LogP contribution in [0.15, 0.2) is 91.0 Å². The third-order valence-corrected chi connectivity index (χ3v) is 7.81. The van der Waals surface area contributed by atoms with Gasteiger partial charge in [-0.3, -0.25) is 0 Å². The SMILES string of the molecule is C[P+](c1ccccc1)(c1ccccc1)c1ccccc1.[O]=[Mn](=[O])(=[O])[O-]. The summed E-state index contributed by atoms with van der Waals surface area (Å²) in [5, 5.41) is 4.28. The summed E-state index contributed by atoms with van der Waals surface area (Å²) in [6, 6.07) is 32.6. The molecular weight excluding hydrogens is 378 g/mol. The van der Waals surface area contributed by atoms with E-state index in [4.69, 9.17) is 15.7 Å². The fourth-order valence-corrected chi connectivity index (χ4v) is 5.83. The molecular formula is C19H18MnO4P. The van der Waals surface area contributed by atoms with Crippen LogP contribution in [0.5, 0.6) is 0 Å². The summed E-state index contributed by atoms with van der Waals surface area (Å²) in [5.74, 6) is 0. The molecule has 0 aliphatic heterocycles. The molecule has 0 atom stereocenters. The van der Waals surface area contributed by atoms with Gasteiger partial charge in [-0.15, -0.1) is 0 Å². The fourth-order valence-electron chi connectivity index (χ4n) is 2.63. The summed E-state index contributed by atoms with van der Waals surface area (Å²) in [7, 11) is -1.53. The molecule has 0 saturated heterocycles. The molecule has 0 saturated carbocycles. The van der Waals surface area contributed by atoms with Crippen LogP contribution in [0.2, 0.25) is 0 Å².